The van der Waals surface area contributed by atoms with Gasteiger partial charge in [-0.25, -0.2) is 0 Å². The van der Waals surface area contributed by atoms with Gasteiger partial charge in [-0.1, -0.05) is 12.8 Å². The monoisotopic (exact) mass is 276 g/mol. The van der Waals surface area contributed by atoms with E-state index in [-0.39, 0.29) is 11.3 Å². The quantitative estimate of drug-likeness (QED) is 0.828. The fourth-order valence-electron chi connectivity index (χ4n) is 5.96. The second-order valence-electron chi connectivity index (χ2n) is 8.06. The van der Waals surface area contributed by atoms with Crippen LogP contribution in [0.2, 0.25) is 0 Å². The molecule has 0 spiro atoms. The molecule has 3 nitrogen and oxygen atoms in total. The second-order valence-corrected chi connectivity index (χ2v) is 8.06. The van der Waals surface area contributed by atoms with E-state index in [0.29, 0.717) is 19.0 Å². The fourth-order valence-corrected chi connectivity index (χ4v) is 5.96. The number of rotatable bonds is 4. The van der Waals surface area contributed by atoms with Crippen molar-refractivity contribution < 1.29 is 4.79 Å². The Morgan fingerprint density at radius 3 is 2.60 bits per heavy atom. The Kier molecular flexibility index (Phi) is 3.10. The van der Waals surface area contributed by atoms with Gasteiger partial charge in [0, 0.05) is 12.5 Å². The summed E-state index contributed by atoms with van der Waals surface area (Å²) >= 11 is 0. The van der Waals surface area contributed by atoms with Crippen LogP contribution in [-0.4, -0.2) is 18.5 Å². The van der Waals surface area contributed by atoms with E-state index in [1.165, 1.54) is 38.5 Å². The number of hydrogen-bond acceptors (Lipinski definition) is 2. The molecule has 3 heteroatoms. The number of amides is 1. The molecule has 20 heavy (non-hydrogen) atoms. The molecule has 3 N–H and O–H groups in total. The van der Waals surface area contributed by atoms with Crippen molar-refractivity contribution in [3.8, 4) is 0 Å². The number of nitrogens with two attached hydrogens (primary N) is 1. The molecule has 2 bridgehead atoms. The van der Waals surface area contributed by atoms with E-state index in [9.17, 15) is 4.79 Å². The lowest BCUT2D eigenvalue weighted by Crippen LogP contribution is -2.47. The highest BCUT2D eigenvalue weighted by Gasteiger charge is 2.54. The van der Waals surface area contributed by atoms with Crippen molar-refractivity contribution in [2.75, 3.05) is 6.54 Å². The van der Waals surface area contributed by atoms with Crippen molar-refractivity contribution in [2.45, 2.75) is 63.8 Å². The van der Waals surface area contributed by atoms with E-state index in [0.717, 1.165) is 36.5 Å². The second kappa shape index (κ2) is 4.72. The lowest BCUT2D eigenvalue weighted by molar-refractivity contribution is -0.126. The third kappa shape index (κ3) is 1.93. The van der Waals surface area contributed by atoms with Crippen LogP contribution in [0, 0.1) is 29.1 Å². The summed E-state index contributed by atoms with van der Waals surface area (Å²) in [4.78, 5) is 12.4. The molecule has 4 saturated carbocycles. The average Bonchev–Trinajstić information content (AvgIpc) is 3.05. The molecule has 0 radical (unpaired) electrons. The van der Waals surface area contributed by atoms with Crippen molar-refractivity contribution in [1.82, 2.24) is 5.32 Å². The van der Waals surface area contributed by atoms with E-state index in [1.807, 2.05) is 0 Å². The normalized spacial score (nSPS) is 44.1. The Morgan fingerprint density at radius 2 is 1.90 bits per heavy atom. The Hall–Kier alpha value is -0.570. The summed E-state index contributed by atoms with van der Waals surface area (Å²) in [6.45, 7) is 0.682. The van der Waals surface area contributed by atoms with Crippen molar-refractivity contribution in [1.29, 1.82) is 0 Å². The maximum Gasteiger partial charge on any atom is 0.220 e. The van der Waals surface area contributed by atoms with Crippen molar-refractivity contribution in [3.05, 3.63) is 0 Å². The Morgan fingerprint density at radius 1 is 1.10 bits per heavy atom. The maximum absolute atomic E-state index is 12.4. The highest BCUT2D eigenvalue weighted by atomic mass is 16.1. The van der Waals surface area contributed by atoms with Crippen LogP contribution in [0.25, 0.3) is 0 Å². The average molecular weight is 276 g/mol. The largest absolute Gasteiger partial charge is 0.353 e. The molecule has 0 aromatic rings. The molecule has 4 fully saturated rings. The van der Waals surface area contributed by atoms with Crippen LogP contribution in [0.5, 0.6) is 0 Å². The third-order valence-corrected chi connectivity index (χ3v) is 7.16. The number of carbonyl (C=O) groups is 1. The lowest BCUT2D eigenvalue weighted by Gasteiger charge is -2.41. The van der Waals surface area contributed by atoms with Gasteiger partial charge in [-0.3, -0.25) is 4.79 Å². The van der Waals surface area contributed by atoms with Gasteiger partial charge >= 0.3 is 0 Å². The van der Waals surface area contributed by atoms with Gasteiger partial charge < -0.3 is 11.1 Å². The van der Waals surface area contributed by atoms with Gasteiger partial charge in [0.25, 0.3) is 0 Å². The number of carbonyl (C=O) groups excluding carboxylic acids is 1. The third-order valence-electron chi connectivity index (χ3n) is 7.16. The van der Waals surface area contributed by atoms with Gasteiger partial charge in [-0.15, -0.1) is 0 Å². The highest BCUT2D eigenvalue weighted by Crippen LogP contribution is 2.58. The molecule has 4 aliphatic carbocycles. The smallest absolute Gasteiger partial charge is 0.220 e. The van der Waals surface area contributed by atoms with Gasteiger partial charge in [0.05, 0.1) is 0 Å². The molecule has 0 saturated heterocycles. The van der Waals surface area contributed by atoms with Crippen LogP contribution in [-0.2, 0) is 4.79 Å². The number of fused-ring (bicyclic) bond motifs is 5. The Labute approximate surface area is 122 Å². The van der Waals surface area contributed by atoms with E-state index < -0.39 is 0 Å². The first-order valence-electron chi connectivity index (χ1n) is 8.70. The molecule has 5 unspecified atom stereocenters. The minimum absolute atomic E-state index is 0.150. The first-order chi connectivity index (χ1) is 9.71. The van der Waals surface area contributed by atoms with Crippen LogP contribution < -0.4 is 11.1 Å². The van der Waals surface area contributed by atoms with Gasteiger partial charge in [0.1, 0.15) is 0 Å². The van der Waals surface area contributed by atoms with Gasteiger partial charge in [0.2, 0.25) is 5.91 Å². The van der Waals surface area contributed by atoms with E-state index in [1.54, 1.807) is 0 Å². The molecule has 1 amide bonds. The summed E-state index contributed by atoms with van der Waals surface area (Å²) in [7, 11) is 0. The minimum Gasteiger partial charge on any atom is -0.353 e. The molecule has 4 aliphatic rings. The van der Waals surface area contributed by atoms with Crippen LogP contribution in [0.15, 0.2) is 0 Å². The minimum atomic E-state index is 0.150. The predicted molar refractivity (Wildman–Crippen MR) is 78.9 cm³/mol. The molecular weight excluding hydrogens is 248 g/mol. The zero-order chi connectivity index (χ0) is 13.7. The fraction of sp³-hybridized carbons (Fsp3) is 0.941. The standard InChI is InChI=1S/C17H28N2O/c18-10-17(5-2-6-17)9-16(20)19-15-8-11-7-14(15)13-4-1-3-12(11)13/h11-15H,1-10,18H2,(H,19,20). The SMILES string of the molecule is NCC1(CC(=O)NC2CC3CC2C2CCCC32)CCC1. The molecule has 5 atom stereocenters. The van der Waals surface area contributed by atoms with Crippen LogP contribution in [0.3, 0.4) is 0 Å². The summed E-state index contributed by atoms with van der Waals surface area (Å²) in [6.07, 6.45) is 11.2. The van der Waals surface area contributed by atoms with Gasteiger partial charge in [-0.05, 0) is 74.2 Å². The predicted octanol–water partition coefficient (Wildman–Crippen LogP) is 2.45. The highest BCUT2D eigenvalue weighted by molar-refractivity contribution is 5.77. The Bertz CT molecular complexity index is 398. The molecule has 0 aromatic heterocycles. The summed E-state index contributed by atoms with van der Waals surface area (Å²) in [5.41, 5.74) is 6.03. The molecule has 0 heterocycles. The summed E-state index contributed by atoms with van der Waals surface area (Å²) in [6, 6.07) is 0.488. The summed E-state index contributed by atoms with van der Waals surface area (Å²) in [5.74, 6) is 3.94. The number of nitrogens with one attached hydrogen (secondary N) is 1. The van der Waals surface area contributed by atoms with Crippen molar-refractivity contribution in [3.63, 3.8) is 0 Å². The zero-order valence-electron chi connectivity index (χ0n) is 12.4. The van der Waals surface area contributed by atoms with Crippen LogP contribution in [0.1, 0.15) is 57.8 Å². The van der Waals surface area contributed by atoms with Crippen LogP contribution in [0.4, 0.5) is 0 Å². The topological polar surface area (TPSA) is 55.1 Å². The molecule has 0 aromatic carbocycles. The zero-order valence-corrected chi connectivity index (χ0v) is 12.4. The molecule has 112 valence electrons. The Balaban J connectivity index is 1.35. The van der Waals surface area contributed by atoms with E-state index in [4.69, 9.17) is 5.73 Å². The number of hydrogen-bond donors (Lipinski definition) is 2. The van der Waals surface area contributed by atoms with E-state index in [2.05, 4.69) is 5.32 Å². The van der Waals surface area contributed by atoms with Crippen molar-refractivity contribution >= 4 is 5.91 Å². The maximum atomic E-state index is 12.4. The molecule has 4 rings (SSSR count). The molecule has 0 aliphatic heterocycles. The van der Waals surface area contributed by atoms with Crippen molar-refractivity contribution in [2.24, 2.45) is 34.8 Å². The lowest BCUT2D eigenvalue weighted by atomic mass is 9.66. The first-order valence-corrected chi connectivity index (χ1v) is 8.70. The van der Waals surface area contributed by atoms with Gasteiger partial charge in [0.15, 0.2) is 0 Å². The van der Waals surface area contributed by atoms with E-state index >= 15 is 0 Å². The molecular formula is C17H28N2O. The van der Waals surface area contributed by atoms with Crippen LogP contribution >= 0.6 is 0 Å². The van der Waals surface area contributed by atoms with Gasteiger partial charge in [-0.2, -0.15) is 0 Å². The first kappa shape index (κ1) is 13.1. The summed E-state index contributed by atoms with van der Waals surface area (Å²) < 4.78 is 0. The summed E-state index contributed by atoms with van der Waals surface area (Å²) in [5, 5.41) is 3.39.